The number of hydrogen-bond donors (Lipinski definition) is 1. The normalized spacial score (nSPS) is 26.7. The molecular formula is C18H38N2. The summed E-state index contributed by atoms with van der Waals surface area (Å²) in [6.07, 6.45) is 9.52. The molecule has 0 aromatic rings. The van der Waals surface area contributed by atoms with E-state index < -0.39 is 0 Å². The number of nitrogens with zero attached hydrogens (tertiary/aromatic N) is 1. The molecule has 1 fully saturated rings. The molecule has 0 aliphatic heterocycles. The summed E-state index contributed by atoms with van der Waals surface area (Å²) in [6.45, 7) is 13.0. The molecule has 0 spiro atoms. The molecule has 1 rings (SSSR count). The van der Waals surface area contributed by atoms with Crippen molar-refractivity contribution in [1.29, 1.82) is 0 Å². The average molecular weight is 283 g/mol. The van der Waals surface area contributed by atoms with Gasteiger partial charge in [0.2, 0.25) is 0 Å². The van der Waals surface area contributed by atoms with Gasteiger partial charge in [0, 0.05) is 19.1 Å². The van der Waals surface area contributed by atoms with Crippen molar-refractivity contribution in [2.24, 2.45) is 11.3 Å². The molecule has 2 nitrogen and oxygen atoms in total. The standard InChI is InChI=1S/C18H38N2/c1-6-12-18(4,14-19-13-7-2)15-20(5)17-10-8-16(3)9-11-17/h16-17,19H,6-15H2,1-5H3. The van der Waals surface area contributed by atoms with Crippen molar-refractivity contribution in [2.45, 2.75) is 78.7 Å². The Kier molecular flexibility index (Phi) is 8.13. The molecule has 1 aliphatic rings. The number of nitrogens with one attached hydrogen (secondary N) is 1. The Morgan fingerprint density at radius 1 is 1.10 bits per heavy atom. The fourth-order valence-corrected chi connectivity index (χ4v) is 3.81. The summed E-state index contributed by atoms with van der Waals surface area (Å²) in [7, 11) is 2.36. The largest absolute Gasteiger partial charge is 0.316 e. The van der Waals surface area contributed by atoms with Crippen LogP contribution >= 0.6 is 0 Å². The molecule has 1 saturated carbocycles. The highest BCUT2D eigenvalue weighted by molar-refractivity contribution is 4.84. The van der Waals surface area contributed by atoms with Gasteiger partial charge >= 0.3 is 0 Å². The van der Waals surface area contributed by atoms with Crippen molar-refractivity contribution in [3.05, 3.63) is 0 Å². The maximum absolute atomic E-state index is 3.65. The molecule has 1 N–H and O–H groups in total. The van der Waals surface area contributed by atoms with Gasteiger partial charge in [0.25, 0.3) is 0 Å². The molecule has 0 amide bonds. The molecule has 0 aromatic heterocycles. The second kappa shape index (κ2) is 9.04. The fourth-order valence-electron chi connectivity index (χ4n) is 3.81. The van der Waals surface area contributed by atoms with Gasteiger partial charge < -0.3 is 10.2 Å². The Bertz CT molecular complexity index is 246. The zero-order valence-corrected chi connectivity index (χ0v) is 14.7. The van der Waals surface area contributed by atoms with Crippen molar-refractivity contribution in [1.82, 2.24) is 10.2 Å². The molecule has 120 valence electrons. The van der Waals surface area contributed by atoms with Crippen LogP contribution in [0.2, 0.25) is 0 Å². The Balaban J connectivity index is 2.46. The van der Waals surface area contributed by atoms with E-state index in [9.17, 15) is 0 Å². The average Bonchev–Trinajstić information content (AvgIpc) is 2.39. The Morgan fingerprint density at radius 2 is 1.75 bits per heavy atom. The topological polar surface area (TPSA) is 15.3 Å². The van der Waals surface area contributed by atoms with Gasteiger partial charge in [-0.1, -0.05) is 34.1 Å². The Morgan fingerprint density at radius 3 is 2.30 bits per heavy atom. The van der Waals surface area contributed by atoms with Crippen molar-refractivity contribution >= 4 is 0 Å². The third-order valence-corrected chi connectivity index (χ3v) is 5.07. The molecule has 0 heterocycles. The lowest BCUT2D eigenvalue weighted by Gasteiger charge is -2.40. The van der Waals surface area contributed by atoms with E-state index in [2.05, 4.69) is 45.0 Å². The van der Waals surface area contributed by atoms with Crippen LogP contribution in [0.4, 0.5) is 0 Å². The SMILES string of the molecule is CCCNCC(C)(CCC)CN(C)C1CCC(C)CC1. The van der Waals surface area contributed by atoms with E-state index in [1.54, 1.807) is 0 Å². The van der Waals surface area contributed by atoms with E-state index in [0.717, 1.165) is 18.5 Å². The third-order valence-electron chi connectivity index (χ3n) is 5.07. The van der Waals surface area contributed by atoms with Crippen molar-refractivity contribution in [3.63, 3.8) is 0 Å². The molecule has 2 heteroatoms. The summed E-state index contributed by atoms with van der Waals surface area (Å²) in [5.41, 5.74) is 0.432. The van der Waals surface area contributed by atoms with Crippen LogP contribution in [-0.2, 0) is 0 Å². The number of rotatable bonds is 9. The molecule has 1 atom stereocenters. The lowest BCUT2D eigenvalue weighted by Crippen LogP contribution is -2.45. The van der Waals surface area contributed by atoms with E-state index in [0.29, 0.717) is 5.41 Å². The van der Waals surface area contributed by atoms with Gasteiger partial charge in [-0.2, -0.15) is 0 Å². The zero-order valence-electron chi connectivity index (χ0n) is 14.7. The van der Waals surface area contributed by atoms with Gasteiger partial charge in [-0.05, 0) is 63.5 Å². The van der Waals surface area contributed by atoms with Crippen LogP contribution in [0.1, 0.15) is 72.6 Å². The van der Waals surface area contributed by atoms with E-state index in [1.165, 1.54) is 58.0 Å². The lowest BCUT2D eigenvalue weighted by molar-refractivity contribution is 0.105. The summed E-state index contributed by atoms with van der Waals surface area (Å²) in [6, 6.07) is 0.827. The minimum Gasteiger partial charge on any atom is -0.316 e. The van der Waals surface area contributed by atoms with Crippen molar-refractivity contribution < 1.29 is 0 Å². The van der Waals surface area contributed by atoms with Crippen LogP contribution in [0.5, 0.6) is 0 Å². The summed E-state index contributed by atoms with van der Waals surface area (Å²) in [4.78, 5) is 2.66. The molecule has 0 bridgehead atoms. The van der Waals surface area contributed by atoms with Gasteiger partial charge in [0.1, 0.15) is 0 Å². The molecular weight excluding hydrogens is 244 g/mol. The van der Waals surface area contributed by atoms with E-state index in [1.807, 2.05) is 0 Å². The first-order valence-corrected chi connectivity index (χ1v) is 8.91. The highest BCUT2D eigenvalue weighted by Crippen LogP contribution is 2.30. The maximum Gasteiger partial charge on any atom is 0.00926 e. The van der Waals surface area contributed by atoms with Crippen LogP contribution in [0.25, 0.3) is 0 Å². The molecule has 1 unspecified atom stereocenters. The quantitative estimate of drug-likeness (QED) is 0.634. The summed E-state index contributed by atoms with van der Waals surface area (Å²) in [5.74, 6) is 0.952. The van der Waals surface area contributed by atoms with E-state index in [4.69, 9.17) is 0 Å². The van der Waals surface area contributed by atoms with Crippen LogP contribution in [-0.4, -0.2) is 37.6 Å². The van der Waals surface area contributed by atoms with Crippen LogP contribution in [0, 0.1) is 11.3 Å². The van der Waals surface area contributed by atoms with Crippen molar-refractivity contribution in [3.8, 4) is 0 Å². The predicted octanol–water partition coefficient (Wildman–Crippen LogP) is 4.30. The lowest BCUT2D eigenvalue weighted by atomic mass is 9.82. The van der Waals surface area contributed by atoms with Gasteiger partial charge in [-0.15, -0.1) is 0 Å². The second-order valence-electron chi connectivity index (χ2n) is 7.57. The molecule has 20 heavy (non-hydrogen) atoms. The van der Waals surface area contributed by atoms with E-state index >= 15 is 0 Å². The summed E-state index contributed by atoms with van der Waals surface area (Å²) < 4.78 is 0. The fraction of sp³-hybridized carbons (Fsp3) is 1.00. The van der Waals surface area contributed by atoms with Crippen molar-refractivity contribution in [2.75, 3.05) is 26.7 Å². The predicted molar refractivity (Wildman–Crippen MR) is 90.2 cm³/mol. The van der Waals surface area contributed by atoms with E-state index in [-0.39, 0.29) is 0 Å². The van der Waals surface area contributed by atoms with Gasteiger partial charge in [-0.25, -0.2) is 0 Å². The Labute approximate surface area is 127 Å². The third kappa shape index (κ3) is 6.13. The summed E-state index contributed by atoms with van der Waals surface area (Å²) >= 11 is 0. The first-order valence-electron chi connectivity index (χ1n) is 8.91. The maximum atomic E-state index is 3.65. The molecule has 0 radical (unpaired) electrons. The Hall–Kier alpha value is -0.0800. The van der Waals surface area contributed by atoms with Crippen LogP contribution in [0.15, 0.2) is 0 Å². The first kappa shape index (κ1) is 18.0. The van der Waals surface area contributed by atoms with Gasteiger partial charge in [-0.3, -0.25) is 0 Å². The molecule has 0 aromatic carbocycles. The second-order valence-corrected chi connectivity index (χ2v) is 7.57. The first-order chi connectivity index (χ1) is 9.50. The molecule has 1 aliphatic carbocycles. The zero-order chi connectivity index (χ0) is 15.0. The smallest absolute Gasteiger partial charge is 0.00926 e. The highest BCUT2D eigenvalue weighted by atomic mass is 15.1. The van der Waals surface area contributed by atoms with Crippen LogP contribution in [0.3, 0.4) is 0 Å². The minimum absolute atomic E-state index is 0.432. The highest BCUT2D eigenvalue weighted by Gasteiger charge is 2.29. The summed E-state index contributed by atoms with van der Waals surface area (Å²) in [5, 5.41) is 3.65. The van der Waals surface area contributed by atoms with Gasteiger partial charge in [0.15, 0.2) is 0 Å². The monoisotopic (exact) mass is 282 g/mol. The van der Waals surface area contributed by atoms with Crippen LogP contribution < -0.4 is 5.32 Å². The number of hydrogen-bond acceptors (Lipinski definition) is 2. The minimum atomic E-state index is 0.432. The molecule has 0 saturated heterocycles. The van der Waals surface area contributed by atoms with Gasteiger partial charge in [0.05, 0.1) is 0 Å².